The van der Waals surface area contributed by atoms with Crippen LogP contribution in [0.15, 0.2) is 24.3 Å². The van der Waals surface area contributed by atoms with Crippen LogP contribution in [0.5, 0.6) is 5.75 Å². The molecule has 0 spiro atoms. The number of carbonyl (C=O) groups is 3. The number of esters is 2. The lowest BCUT2D eigenvalue weighted by Crippen LogP contribution is -2.34. The number of thiophene rings is 1. The molecule has 0 radical (unpaired) electrons. The van der Waals surface area contributed by atoms with Gasteiger partial charge in [-0.15, -0.1) is 11.3 Å². The van der Waals surface area contributed by atoms with Crippen molar-refractivity contribution in [3.63, 3.8) is 0 Å². The Labute approximate surface area is 202 Å². The van der Waals surface area contributed by atoms with Gasteiger partial charge in [0.15, 0.2) is 5.11 Å². The lowest BCUT2D eigenvalue weighted by molar-refractivity contribution is 0.0527. The maximum Gasteiger partial charge on any atom is 0.348 e. The highest BCUT2D eigenvalue weighted by atomic mass is 32.1. The molecule has 1 aromatic carbocycles. The van der Waals surface area contributed by atoms with E-state index in [9.17, 15) is 14.4 Å². The van der Waals surface area contributed by atoms with Crippen molar-refractivity contribution in [2.75, 3.05) is 25.1 Å². The molecule has 0 saturated carbocycles. The minimum Gasteiger partial charge on any atom is -0.493 e. The van der Waals surface area contributed by atoms with Gasteiger partial charge in [0.25, 0.3) is 5.91 Å². The van der Waals surface area contributed by atoms with Gasteiger partial charge in [0.2, 0.25) is 0 Å². The molecule has 0 bridgehead atoms. The second-order valence-corrected chi connectivity index (χ2v) is 8.77. The van der Waals surface area contributed by atoms with Crippen molar-refractivity contribution in [1.82, 2.24) is 5.32 Å². The van der Waals surface area contributed by atoms with Gasteiger partial charge in [-0.1, -0.05) is 19.9 Å². The number of ether oxygens (including phenoxy) is 3. The van der Waals surface area contributed by atoms with Gasteiger partial charge in [-0.2, -0.15) is 0 Å². The van der Waals surface area contributed by atoms with Gasteiger partial charge in [-0.25, -0.2) is 9.59 Å². The van der Waals surface area contributed by atoms with E-state index in [1.54, 1.807) is 45.0 Å². The SMILES string of the molecule is CCOC(=O)c1sc(NC(=S)NC(=O)c2cccc(OCC(C)C)c2)c(C(=O)OCC)c1C. The number of hydrogen-bond acceptors (Lipinski definition) is 8. The third-order valence-electron chi connectivity index (χ3n) is 4.22. The summed E-state index contributed by atoms with van der Waals surface area (Å²) in [5.74, 6) is -0.673. The zero-order valence-electron chi connectivity index (χ0n) is 19.3. The van der Waals surface area contributed by atoms with Crippen molar-refractivity contribution in [1.29, 1.82) is 0 Å². The molecule has 1 amide bonds. The number of benzene rings is 1. The Morgan fingerprint density at radius 2 is 1.76 bits per heavy atom. The van der Waals surface area contributed by atoms with E-state index in [4.69, 9.17) is 26.4 Å². The molecule has 0 saturated heterocycles. The first kappa shape index (κ1) is 26.3. The molecule has 2 aromatic rings. The number of hydrogen-bond donors (Lipinski definition) is 2. The predicted molar refractivity (Wildman–Crippen MR) is 131 cm³/mol. The fourth-order valence-electron chi connectivity index (χ4n) is 2.74. The second kappa shape index (κ2) is 12.3. The first-order valence-corrected chi connectivity index (χ1v) is 11.7. The number of nitrogens with one attached hydrogen (secondary N) is 2. The van der Waals surface area contributed by atoms with Gasteiger partial charge in [-0.3, -0.25) is 10.1 Å². The van der Waals surface area contributed by atoms with Gasteiger partial charge in [0.1, 0.15) is 15.6 Å². The fraction of sp³-hybridized carbons (Fsp3) is 0.391. The molecular formula is C23H28N2O6S2. The minimum absolute atomic E-state index is 0.0318. The van der Waals surface area contributed by atoms with Crippen molar-refractivity contribution in [3.05, 3.63) is 45.8 Å². The smallest absolute Gasteiger partial charge is 0.348 e. The van der Waals surface area contributed by atoms with Crippen LogP contribution < -0.4 is 15.4 Å². The van der Waals surface area contributed by atoms with Crippen LogP contribution in [0.2, 0.25) is 0 Å². The summed E-state index contributed by atoms with van der Waals surface area (Å²) in [6.45, 7) is 9.96. The quantitative estimate of drug-likeness (QED) is 0.388. The van der Waals surface area contributed by atoms with E-state index in [1.165, 1.54) is 0 Å². The van der Waals surface area contributed by atoms with Gasteiger partial charge < -0.3 is 19.5 Å². The zero-order chi connectivity index (χ0) is 24.5. The van der Waals surface area contributed by atoms with Crippen LogP contribution in [-0.4, -0.2) is 42.8 Å². The Balaban J connectivity index is 2.19. The summed E-state index contributed by atoms with van der Waals surface area (Å²) in [6, 6.07) is 6.75. The molecule has 0 aliphatic carbocycles. The highest BCUT2D eigenvalue weighted by molar-refractivity contribution is 7.80. The summed E-state index contributed by atoms with van der Waals surface area (Å²) < 4.78 is 15.8. The van der Waals surface area contributed by atoms with E-state index in [0.29, 0.717) is 29.4 Å². The van der Waals surface area contributed by atoms with E-state index in [0.717, 1.165) is 11.3 Å². The molecule has 8 nitrogen and oxygen atoms in total. The van der Waals surface area contributed by atoms with Crippen LogP contribution >= 0.6 is 23.6 Å². The third kappa shape index (κ3) is 7.26. The van der Waals surface area contributed by atoms with Crippen LogP contribution in [0.1, 0.15) is 63.6 Å². The van der Waals surface area contributed by atoms with Crippen LogP contribution in [0.4, 0.5) is 5.00 Å². The van der Waals surface area contributed by atoms with Gasteiger partial charge in [-0.05, 0) is 62.7 Å². The Hall–Kier alpha value is -2.98. The maximum atomic E-state index is 12.7. The molecule has 178 valence electrons. The summed E-state index contributed by atoms with van der Waals surface area (Å²) in [5.41, 5.74) is 0.953. The van der Waals surface area contributed by atoms with E-state index < -0.39 is 17.8 Å². The predicted octanol–water partition coefficient (Wildman–Crippen LogP) is 4.57. The number of carbonyl (C=O) groups excluding carboxylic acids is 3. The van der Waals surface area contributed by atoms with Crippen molar-refractivity contribution < 1.29 is 28.6 Å². The normalized spacial score (nSPS) is 10.5. The van der Waals surface area contributed by atoms with Crippen LogP contribution in [0, 0.1) is 12.8 Å². The average molecular weight is 493 g/mol. The summed E-state index contributed by atoms with van der Waals surface area (Å²) in [6.07, 6.45) is 0. The average Bonchev–Trinajstić information content (AvgIpc) is 3.08. The van der Waals surface area contributed by atoms with Crippen molar-refractivity contribution >= 4 is 51.5 Å². The van der Waals surface area contributed by atoms with Gasteiger partial charge in [0, 0.05) is 5.56 Å². The summed E-state index contributed by atoms with van der Waals surface area (Å²) in [7, 11) is 0. The lowest BCUT2D eigenvalue weighted by atomic mass is 10.1. The number of thiocarbonyl (C=S) groups is 1. The third-order valence-corrected chi connectivity index (χ3v) is 5.61. The Kier molecular flexibility index (Phi) is 9.80. The summed E-state index contributed by atoms with van der Waals surface area (Å²) in [5, 5.41) is 5.68. The summed E-state index contributed by atoms with van der Waals surface area (Å²) in [4.78, 5) is 37.7. The van der Waals surface area contributed by atoms with Crippen LogP contribution in [-0.2, 0) is 9.47 Å². The first-order valence-electron chi connectivity index (χ1n) is 10.5. The van der Waals surface area contributed by atoms with Gasteiger partial charge in [0.05, 0.1) is 25.4 Å². The fourth-order valence-corrected chi connectivity index (χ4v) is 4.09. The Morgan fingerprint density at radius 3 is 2.39 bits per heavy atom. The summed E-state index contributed by atoms with van der Waals surface area (Å²) >= 11 is 6.28. The Morgan fingerprint density at radius 1 is 1.09 bits per heavy atom. The molecular weight excluding hydrogens is 464 g/mol. The van der Waals surface area contributed by atoms with Crippen molar-refractivity contribution in [2.24, 2.45) is 5.92 Å². The number of rotatable bonds is 9. The number of anilines is 1. The lowest BCUT2D eigenvalue weighted by Gasteiger charge is -2.12. The van der Waals surface area contributed by atoms with Gasteiger partial charge >= 0.3 is 11.9 Å². The standard InChI is InChI=1S/C23H28N2O6S2/c1-6-29-21(27)17-14(5)18(22(28)30-7-2)33-20(17)25-23(32)24-19(26)15-9-8-10-16(11-15)31-12-13(3)4/h8-11,13H,6-7,12H2,1-5H3,(H2,24,25,26,32). The zero-order valence-corrected chi connectivity index (χ0v) is 20.9. The molecule has 0 atom stereocenters. The second-order valence-electron chi connectivity index (χ2n) is 7.34. The minimum atomic E-state index is -0.603. The molecule has 0 unspecified atom stereocenters. The highest BCUT2D eigenvalue weighted by Gasteiger charge is 2.27. The molecule has 1 heterocycles. The molecule has 10 heteroatoms. The topological polar surface area (TPSA) is 103 Å². The number of amides is 1. The molecule has 0 aliphatic rings. The van der Waals surface area contributed by atoms with E-state index in [-0.39, 0.29) is 33.8 Å². The molecule has 0 aliphatic heterocycles. The van der Waals surface area contributed by atoms with Crippen molar-refractivity contribution in [3.8, 4) is 5.75 Å². The van der Waals surface area contributed by atoms with E-state index in [2.05, 4.69) is 10.6 Å². The molecule has 33 heavy (non-hydrogen) atoms. The van der Waals surface area contributed by atoms with Crippen LogP contribution in [0.25, 0.3) is 0 Å². The largest absolute Gasteiger partial charge is 0.493 e. The van der Waals surface area contributed by atoms with E-state index in [1.807, 2.05) is 13.8 Å². The highest BCUT2D eigenvalue weighted by Crippen LogP contribution is 2.34. The van der Waals surface area contributed by atoms with Crippen LogP contribution in [0.3, 0.4) is 0 Å². The molecule has 2 N–H and O–H groups in total. The maximum absolute atomic E-state index is 12.7. The Bertz CT molecular complexity index is 1030. The first-order chi connectivity index (χ1) is 15.7. The monoisotopic (exact) mass is 492 g/mol. The molecule has 0 fully saturated rings. The molecule has 1 aromatic heterocycles. The van der Waals surface area contributed by atoms with Crippen molar-refractivity contribution in [2.45, 2.75) is 34.6 Å². The molecule has 2 rings (SSSR count). The van der Waals surface area contributed by atoms with E-state index >= 15 is 0 Å².